The molecule has 3 aromatic carbocycles. The van der Waals surface area contributed by atoms with Crippen molar-refractivity contribution in [2.45, 2.75) is 32.2 Å². The molecule has 0 bridgehead atoms. The van der Waals surface area contributed by atoms with E-state index in [1.165, 1.54) is 10.9 Å². The number of benzene rings is 3. The van der Waals surface area contributed by atoms with Crippen LogP contribution in [0.3, 0.4) is 0 Å². The van der Waals surface area contributed by atoms with E-state index in [1.807, 2.05) is 48.3 Å². The summed E-state index contributed by atoms with van der Waals surface area (Å²) < 4.78 is 18.5. The summed E-state index contributed by atoms with van der Waals surface area (Å²) in [6, 6.07) is 22.3. The minimum atomic E-state index is -0.0937. The summed E-state index contributed by atoms with van der Waals surface area (Å²) in [4.78, 5) is 15.4. The molecule has 0 aliphatic heterocycles. The minimum absolute atomic E-state index is 0.0937. The summed E-state index contributed by atoms with van der Waals surface area (Å²) in [5, 5.41) is 1.18. The number of hydrogen-bond donors (Lipinski definition) is 0. The third-order valence-corrected chi connectivity index (χ3v) is 7.02. The third-order valence-electron chi connectivity index (χ3n) is 7.02. The average molecular weight is 501 g/mol. The van der Waals surface area contributed by atoms with E-state index in [1.54, 1.807) is 21.3 Å². The first-order valence-corrected chi connectivity index (χ1v) is 12.7. The predicted molar refractivity (Wildman–Crippen MR) is 148 cm³/mol. The van der Waals surface area contributed by atoms with Crippen molar-refractivity contribution in [2.24, 2.45) is 0 Å². The van der Waals surface area contributed by atoms with Crippen molar-refractivity contribution < 1.29 is 19.0 Å². The molecule has 0 spiro atoms. The van der Waals surface area contributed by atoms with Crippen LogP contribution >= 0.6 is 0 Å². The number of carbonyl (C=O) groups is 1. The van der Waals surface area contributed by atoms with Gasteiger partial charge in [0.05, 0.1) is 21.3 Å². The molecule has 0 fully saturated rings. The SMILES string of the molecule is CCn1cc([C@@H](CC(=O)N(C)CCc2ccc(OC)c(OC)c2)c2cccc(OC)c2)c2ccccc21. The molecule has 1 heterocycles. The Labute approximate surface area is 219 Å². The number of amides is 1. The molecule has 0 saturated heterocycles. The molecule has 1 atom stereocenters. The zero-order valence-electron chi connectivity index (χ0n) is 22.4. The van der Waals surface area contributed by atoms with Crippen LogP contribution in [0.15, 0.2) is 72.9 Å². The molecule has 6 nitrogen and oxygen atoms in total. The van der Waals surface area contributed by atoms with Gasteiger partial charge in [-0.1, -0.05) is 36.4 Å². The number of ether oxygens (including phenoxy) is 3. The van der Waals surface area contributed by atoms with Crippen molar-refractivity contribution in [3.8, 4) is 17.2 Å². The van der Waals surface area contributed by atoms with E-state index in [0.29, 0.717) is 24.5 Å². The highest BCUT2D eigenvalue weighted by atomic mass is 16.5. The van der Waals surface area contributed by atoms with Crippen LogP contribution in [0.5, 0.6) is 17.2 Å². The van der Waals surface area contributed by atoms with Crippen molar-refractivity contribution in [3.63, 3.8) is 0 Å². The van der Waals surface area contributed by atoms with Crippen molar-refractivity contribution in [3.05, 3.63) is 89.6 Å². The van der Waals surface area contributed by atoms with E-state index in [9.17, 15) is 4.79 Å². The standard InChI is InChI=1S/C31H36N2O4/c1-6-33-21-27(25-12-7-8-13-28(25)33)26(23-10-9-11-24(19-23)35-3)20-31(34)32(2)17-16-22-14-15-29(36-4)30(18-22)37-5/h7-15,18-19,21,26H,6,16-17,20H2,1-5H3/t26-/m0/s1. The molecule has 0 unspecified atom stereocenters. The predicted octanol–water partition coefficient (Wildman–Crippen LogP) is 5.91. The first kappa shape index (κ1) is 26.1. The van der Waals surface area contributed by atoms with Gasteiger partial charge >= 0.3 is 0 Å². The second-order valence-electron chi connectivity index (χ2n) is 9.18. The fourth-order valence-corrected chi connectivity index (χ4v) is 4.87. The lowest BCUT2D eigenvalue weighted by Gasteiger charge is -2.23. The van der Waals surface area contributed by atoms with Crippen molar-refractivity contribution in [2.75, 3.05) is 34.9 Å². The van der Waals surface area contributed by atoms with Gasteiger partial charge in [0.2, 0.25) is 5.91 Å². The Kier molecular flexibility index (Phi) is 8.39. The quantitative estimate of drug-likeness (QED) is 0.257. The normalized spacial score (nSPS) is 11.8. The van der Waals surface area contributed by atoms with Gasteiger partial charge in [-0.15, -0.1) is 0 Å². The summed E-state index contributed by atoms with van der Waals surface area (Å²) >= 11 is 0. The highest BCUT2D eigenvalue weighted by Crippen LogP contribution is 2.36. The Bertz CT molecular complexity index is 1360. The van der Waals surface area contributed by atoms with Crippen LogP contribution in [0.1, 0.15) is 36.0 Å². The number of aromatic nitrogens is 1. The molecule has 6 heteroatoms. The number of carbonyl (C=O) groups excluding carboxylic acids is 1. The van der Waals surface area contributed by atoms with Crippen LogP contribution in [-0.4, -0.2) is 50.3 Å². The first-order chi connectivity index (χ1) is 18.0. The highest BCUT2D eigenvalue weighted by molar-refractivity contribution is 5.86. The summed E-state index contributed by atoms with van der Waals surface area (Å²) in [5.74, 6) is 2.18. The third kappa shape index (κ3) is 5.74. The number of likely N-dealkylation sites (N-methyl/N-ethyl adjacent to an activating group) is 1. The van der Waals surface area contributed by atoms with E-state index in [2.05, 4.69) is 48.0 Å². The van der Waals surface area contributed by atoms with Gasteiger partial charge in [0.1, 0.15) is 5.75 Å². The van der Waals surface area contributed by atoms with Gasteiger partial charge in [-0.2, -0.15) is 0 Å². The molecule has 194 valence electrons. The second-order valence-corrected chi connectivity index (χ2v) is 9.18. The average Bonchev–Trinajstić information content (AvgIpc) is 3.32. The number of nitrogens with zero attached hydrogens (tertiary/aromatic N) is 2. The highest BCUT2D eigenvalue weighted by Gasteiger charge is 2.24. The fourth-order valence-electron chi connectivity index (χ4n) is 4.87. The van der Waals surface area contributed by atoms with Gasteiger partial charge in [0.15, 0.2) is 11.5 Å². The number of aryl methyl sites for hydroxylation is 1. The smallest absolute Gasteiger partial charge is 0.223 e. The summed E-state index contributed by atoms with van der Waals surface area (Å²) in [6.07, 6.45) is 3.29. The lowest BCUT2D eigenvalue weighted by atomic mass is 9.87. The zero-order chi connectivity index (χ0) is 26.4. The maximum Gasteiger partial charge on any atom is 0.223 e. The van der Waals surface area contributed by atoms with Crippen molar-refractivity contribution in [1.29, 1.82) is 0 Å². The van der Waals surface area contributed by atoms with E-state index < -0.39 is 0 Å². The van der Waals surface area contributed by atoms with Crippen molar-refractivity contribution in [1.82, 2.24) is 9.47 Å². The lowest BCUT2D eigenvalue weighted by Crippen LogP contribution is -2.30. The molecule has 1 aromatic heterocycles. The summed E-state index contributed by atoms with van der Waals surface area (Å²) in [7, 11) is 6.80. The van der Waals surface area contributed by atoms with E-state index in [0.717, 1.165) is 35.4 Å². The van der Waals surface area contributed by atoms with Crippen LogP contribution in [0.25, 0.3) is 10.9 Å². The Morgan fingerprint density at radius 3 is 2.43 bits per heavy atom. The first-order valence-electron chi connectivity index (χ1n) is 12.7. The van der Waals surface area contributed by atoms with Gasteiger partial charge in [-0.05, 0) is 60.4 Å². The maximum atomic E-state index is 13.6. The monoisotopic (exact) mass is 500 g/mol. The van der Waals surface area contributed by atoms with Crippen molar-refractivity contribution >= 4 is 16.8 Å². The lowest BCUT2D eigenvalue weighted by molar-refractivity contribution is -0.130. The molecular formula is C31H36N2O4. The Morgan fingerprint density at radius 1 is 0.919 bits per heavy atom. The van der Waals surface area contributed by atoms with Gasteiger partial charge in [0, 0.05) is 49.6 Å². The van der Waals surface area contributed by atoms with E-state index >= 15 is 0 Å². The van der Waals surface area contributed by atoms with Gasteiger partial charge in [0.25, 0.3) is 0 Å². The summed E-state index contributed by atoms with van der Waals surface area (Å²) in [6.45, 7) is 3.62. The maximum absolute atomic E-state index is 13.6. The second kappa shape index (κ2) is 11.9. The molecule has 0 saturated carbocycles. The summed E-state index contributed by atoms with van der Waals surface area (Å²) in [5.41, 5.74) is 4.50. The molecule has 0 radical (unpaired) electrons. The number of rotatable bonds is 11. The van der Waals surface area contributed by atoms with Crippen LogP contribution in [0, 0.1) is 0 Å². The molecule has 0 N–H and O–H groups in total. The van der Waals surface area contributed by atoms with Crippen LogP contribution in [-0.2, 0) is 17.8 Å². The zero-order valence-corrected chi connectivity index (χ0v) is 22.4. The molecule has 4 aromatic rings. The number of fused-ring (bicyclic) bond motifs is 1. The minimum Gasteiger partial charge on any atom is -0.497 e. The molecule has 37 heavy (non-hydrogen) atoms. The van der Waals surface area contributed by atoms with Gasteiger partial charge < -0.3 is 23.7 Å². The van der Waals surface area contributed by atoms with E-state index in [4.69, 9.17) is 14.2 Å². The van der Waals surface area contributed by atoms with Crippen LogP contribution < -0.4 is 14.2 Å². The number of methoxy groups -OCH3 is 3. The fraction of sp³-hybridized carbons (Fsp3) is 0.323. The number of hydrogen-bond acceptors (Lipinski definition) is 4. The van der Waals surface area contributed by atoms with E-state index in [-0.39, 0.29) is 11.8 Å². The largest absolute Gasteiger partial charge is 0.497 e. The van der Waals surface area contributed by atoms with Crippen LogP contribution in [0.4, 0.5) is 0 Å². The molecule has 1 amide bonds. The Hall–Kier alpha value is -3.93. The topological polar surface area (TPSA) is 52.9 Å². The molecular weight excluding hydrogens is 464 g/mol. The Morgan fingerprint density at radius 2 is 1.70 bits per heavy atom. The molecule has 4 rings (SSSR count). The van der Waals surface area contributed by atoms with Gasteiger partial charge in [-0.25, -0.2) is 0 Å². The Balaban J connectivity index is 1.59. The number of para-hydroxylation sites is 1. The molecule has 0 aliphatic carbocycles. The van der Waals surface area contributed by atoms with Gasteiger partial charge in [-0.3, -0.25) is 4.79 Å². The van der Waals surface area contributed by atoms with Crippen LogP contribution in [0.2, 0.25) is 0 Å². The molecule has 0 aliphatic rings.